The summed E-state index contributed by atoms with van der Waals surface area (Å²) in [5.74, 6) is 0.825. The van der Waals surface area contributed by atoms with E-state index < -0.39 is 0 Å². The van der Waals surface area contributed by atoms with Crippen molar-refractivity contribution in [2.24, 2.45) is 0 Å². The fraction of sp³-hybridized carbons (Fsp3) is 0.533. The normalized spacial score (nSPS) is 15.7. The Morgan fingerprint density at radius 1 is 1.32 bits per heavy atom. The standard InChI is InChI=1S/C15H20N6O/c1-10(21-9-16-8-18-21)13(22)20-6-11-5-17-14(15(2,3)4)19-12(11)7-20/h5,8-10H,6-7H2,1-4H3. The zero-order valence-electron chi connectivity index (χ0n) is 13.3. The van der Waals surface area contributed by atoms with Gasteiger partial charge in [-0.1, -0.05) is 20.8 Å². The zero-order chi connectivity index (χ0) is 15.9. The lowest BCUT2D eigenvalue weighted by atomic mass is 9.95. The third kappa shape index (κ3) is 2.58. The summed E-state index contributed by atoms with van der Waals surface area (Å²) in [4.78, 5) is 27.3. The third-order valence-corrected chi connectivity index (χ3v) is 3.83. The first-order valence-electron chi connectivity index (χ1n) is 7.34. The van der Waals surface area contributed by atoms with Crippen LogP contribution in [0.2, 0.25) is 0 Å². The van der Waals surface area contributed by atoms with E-state index in [1.54, 1.807) is 15.9 Å². The maximum Gasteiger partial charge on any atom is 0.247 e. The molecule has 3 heterocycles. The van der Waals surface area contributed by atoms with E-state index in [2.05, 4.69) is 40.8 Å². The van der Waals surface area contributed by atoms with Gasteiger partial charge >= 0.3 is 0 Å². The van der Waals surface area contributed by atoms with E-state index in [1.165, 1.54) is 6.33 Å². The van der Waals surface area contributed by atoms with Gasteiger partial charge in [-0.05, 0) is 6.92 Å². The number of rotatable bonds is 2. The molecule has 2 aromatic rings. The summed E-state index contributed by atoms with van der Waals surface area (Å²) in [6, 6.07) is -0.369. The first-order valence-corrected chi connectivity index (χ1v) is 7.34. The molecule has 0 aliphatic carbocycles. The maximum atomic E-state index is 12.6. The van der Waals surface area contributed by atoms with Gasteiger partial charge in [0.05, 0.1) is 12.2 Å². The molecule has 7 nitrogen and oxygen atoms in total. The van der Waals surface area contributed by atoms with Gasteiger partial charge in [0, 0.05) is 23.7 Å². The van der Waals surface area contributed by atoms with Crippen molar-refractivity contribution in [3.8, 4) is 0 Å². The van der Waals surface area contributed by atoms with Crippen LogP contribution in [0.1, 0.15) is 50.8 Å². The van der Waals surface area contributed by atoms with E-state index in [1.807, 2.05) is 13.1 Å². The average Bonchev–Trinajstić information content (AvgIpc) is 3.12. The number of aromatic nitrogens is 5. The Labute approximate surface area is 129 Å². The minimum absolute atomic E-state index is 0.0146. The highest BCUT2D eigenvalue weighted by Gasteiger charge is 2.30. The molecule has 22 heavy (non-hydrogen) atoms. The summed E-state index contributed by atoms with van der Waals surface area (Å²) in [6.45, 7) is 9.15. The molecule has 0 aromatic carbocycles. The summed E-state index contributed by atoms with van der Waals surface area (Å²) < 4.78 is 1.57. The van der Waals surface area contributed by atoms with Gasteiger partial charge in [-0.25, -0.2) is 19.6 Å². The molecule has 1 aliphatic heterocycles. The van der Waals surface area contributed by atoms with Gasteiger partial charge < -0.3 is 4.90 Å². The van der Waals surface area contributed by atoms with E-state index in [9.17, 15) is 4.79 Å². The Balaban J connectivity index is 1.78. The van der Waals surface area contributed by atoms with Crippen molar-refractivity contribution in [3.05, 3.63) is 35.9 Å². The molecule has 0 N–H and O–H groups in total. The van der Waals surface area contributed by atoms with Crippen molar-refractivity contribution in [1.29, 1.82) is 0 Å². The van der Waals surface area contributed by atoms with Crippen LogP contribution in [-0.4, -0.2) is 35.5 Å². The molecule has 0 bridgehead atoms. The van der Waals surface area contributed by atoms with Crippen LogP contribution >= 0.6 is 0 Å². The molecule has 0 saturated heterocycles. The first kappa shape index (κ1) is 14.6. The molecule has 116 valence electrons. The summed E-state index contributed by atoms with van der Waals surface area (Å²) in [6.07, 6.45) is 4.84. The predicted molar refractivity (Wildman–Crippen MR) is 79.7 cm³/mol. The molecule has 0 spiro atoms. The molecule has 1 atom stereocenters. The molecule has 3 rings (SSSR count). The Bertz CT molecular complexity index is 689. The van der Waals surface area contributed by atoms with Crippen LogP contribution in [0.15, 0.2) is 18.9 Å². The highest BCUT2D eigenvalue weighted by molar-refractivity contribution is 5.80. The summed E-state index contributed by atoms with van der Waals surface area (Å²) >= 11 is 0. The van der Waals surface area contributed by atoms with E-state index in [0.717, 1.165) is 17.1 Å². The zero-order valence-corrected chi connectivity index (χ0v) is 13.3. The molecular formula is C15H20N6O. The monoisotopic (exact) mass is 300 g/mol. The molecule has 1 aliphatic rings. The number of carbonyl (C=O) groups excluding carboxylic acids is 1. The molecule has 0 radical (unpaired) electrons. The fourth-order valence-corrected chi connectivity index (χ4v) is 2.47. The molecule has 1 amide bonds. The first-order chi connectivity index (χ1) is 10.4. The maximum absolute atomic E-state index is 12.6. The Hall–Kier alpha value is -2.31. The largest absolute Gasteiger partial charge is 0.330 e. The number of nitrogens with zero attached hydrogens (tertiary/aromatic N) is 6. The minimum Gasteiger partial charge on any atom is -0.330 e. The van der Waals surface area contributed by atoms with E-state index in [4.69, 9.17) is 0 Å². The molecular weight excluding hydrogens is 280 g/mol. The van der Waals surface area contributed by atoms with E-state index in [0.29, 0.717) is 13.1 Å². The van der Waals surface area contributed by atoms with Crippen LogP contribution in [0.3, 0.4) is 0 Å². The van der Waals surface area contributed by atoms with Crippen molar-refractivity contribution in [2.45, 2.75) is 52.2 Å². The Kier molecular flexibility index (Phi) is 3.42. The van der Waals surface area contributed by atoms with Gasteiger partial charge in [0.2, 0.25) is 5.91 Å². The van der Waals surface area contributed by atoms with Crippen molar-refractivity contribution in [2.75, 3.05) is 0 Å². The van der Waals surface area contributed by atoms with Crippen LogP contribution in [0.25, 0.3) is 0 Å². The summed E-state index contributed by atoms with van der Waals surface area (Å²) in [5.41, 5.74) is 1.87. The average molecular weight is 300 g/mol. The van der Waals surface area contributed by atoms with Crippen LogP contribution in [-0.2, 0) is 23.3 Å². The van der Waals surface area contributed by atoms with Crippen molar-refractivity contribution < 1.29 is 4.79 Å². The lowest BCUT2D eigenvalue weighted by molar-refractivity contribution is -0.135. The second kappa shape index (κ2) is 5.15. The smallest absolute Gasteiger partial charge is 0.247 e. The quantitative estimate of drug-likeness (QED) is 0.839. The third-order valence-electron chi connectivity index (χ3n) is 3.83. The Morgan fingerprint density at radius 3 is 2.73 bits per heavy atom. The van der Waals surface area contributed by atoms with E-state index in [-0.39, 0.29) is 17.4 Å². The van der Waals surface area contributed by atoms with Crippen LogP contribution in [0, 0.1) is 0 Å². The number of hydrogen-bond donors (Lipinski definition) is 0. The molecule has 2 aromatic heterocycles. The number of fused-ring (bicyclic) bond motifs is 1. The van der Waals surface area contributed by atoms with Gasteiger partial charge in [-0.15, -0.1) is 0 Å². The van der Waals surface area contributed by atoms with Crippen molar-refractivity contribution >= 4 is 5.91 Å². The number of amides is 1. The Morgan fingerprint density at radius 2 is 2.09 bits per heavy atom. The number of carbonyl (C=O) groups is 1. The van der Waals surface area contributed by atoms with Crippen molar-refractivity contribution in [1.82, 2.24) is 29.6 Å². The van der Waals surface area contributed by atoms with Crippen LogP contribution in [0.5, 0.6) is 0 Å². The highest BCUT2D eigenvalue weighted by atomic mass is 16.2. The lowest BCUT2D eigenvalue weighted by Crippen LogP contribution is -2.32. The molecule has 0 fully saturated rings. The topological polar surface area (TPSA) is 76.8 Å². The highest BCUT2D eigenvalue weighted by Crippen LogP contribution is 2.26. The molecule has 0 saturated carbocycles. The van der Waals surface area contributed by atoms with Gasteiger partial charge in [0.1, 0.15) is 24.5 Å². The van der Waals surface area contributed by atoms with Gasteiger partial charge in [-0.3, -0.25) is 4.79 Å². The van der Waals surface area contributed by atoms with Gasteiger partial charge in [-0.2, -0.15) is 5.10 Å². The van der Waals surface area contributed by atoms with Crippen molar-refractivity contribution in [3.63, 3.8) is 0 Å². The molecule has 1 unspecified atom stereocenters. The number of hydrogen-bond acceptors (Lipinski definition) is 5. The predicted octanol–water partition coefficient (Wildman–Crippen LogP) is 1.47. The fourth-order valence-electron chi connectivity index (χ4n) is 2.47. The minimum atomic E-state index is -0.369. The summed E-state index contributed by atoms with van der Waals surface area (Å²) in [7, 11) is 0. The SMILES string of the molecule is CC(C(=O)N1Cc2cnc(C(C)(C)C)nc2C1)n1cncn1. The molecule has 7 heteroatoms. The van der Waals surface area contributed by atoms with Crippen LogP contribution < -0.4 is 0 Å². The lowest BCUT2D eigenvalue weighted by Gasteiger charge is -2.19. The van der Waals surface area contributed by atoms with Gasteiger partial charge in [0.15, 0.2) is 0 Å². The van der Waals surface area contributed by atoms with Gasteiger partial charge in [0.25, 0.3) is 0 Å². The summed E-state index contributed by atoms with van der Waals surface area (Å²) in [5, 5.41) is 4.03. The second-order valence-corrected chi connectivity index (χ2v) is 6.66. The second-order valence-electron chi connectivity index (χ2n) is 6.66. The van der Waals surface area contributed by atoms with Crippen LogP contribution in [0.4, 0.5) is 0 Å². The van der Waals surface area contributed by atoms with E-state index >= 15 is 0 Å².